The first-order valence-electron chi connectivity index (χ1n) is 7.00. The standard InChI is InChI=1S/C16H20N2O4/c1-4-5-12-6-7-13(14(10-12)20-3)21-11-16-17-15(18-22-16)8-9-19-2/h4-7,10H,8-9,11H2,1-3H3/b5-4-. The van der Waals surface area contributed by atoms with E-state index in [2.05, 4.69) is 10.1 Å². The Morgan fingerprint density at radius 3 is 2.82 bits per heavy atom. The maximum atomic E-state index is 5.69. The fourth-order valence-corrected chi connectivity index (χ4v) is 1.88. The van der Waals surface area contributed by atoms with Crippen molar-refractivity contribution in [3.8, 4) is 11.5 Å². The molecule has 0 spiro atoms. The number of aromatic nitrogens is 2. The van der Waals surface area contributed by atoms with E-state index in [0.29, 0.717) is 36.2 Å². The van der Waals surface area contributed by atoms with Crippen molar-refractivity contribution in [2.24, 2.45) is 0 Å². The molecule has 6 heteroatoms. The fraction of sp³-hybridized carbons (Fsp3) is 0.375. The number of allylic oxidation sites excluding steroid dienone is 1. The van der Waals surface area contributed by atoms with E-state index in [-0.39, 0.29) is 6.61 Å². The van der Waals surface area contributed by atoms with Crippen molar-refractivity contribution in [1.29, 1.82) is 0 Å². The van der Waals surface area contributed by atoms with Crippen LogP contribution in [0.1, 0.15) is 24.2 Å². The van der Waals surface area contributed by atoms with E-state index in [9.17, 15) is 0 Å². The molecule has 6 nitrogen and oxygen atoms in total. The zero-order chi connectivity index (χ0) is 15.8. The Labute approximate surface area is 129 Å². The molecule has 0 saturated heterocycles. The maximum Gasteiger partial charge on any atom is 0.264 e. The van der Waals surface area contributed by atoms with Gasteiger partial charge in [-0.3, -0.25) is 0 Å². The first-order chi connectivity index (χ1) is 10.8. The van der Waals surface area contributed by atoms with Crippen LogP contribution in [0.15, 0.2) is 28.8 Å². The molecule has 0 bridgehead atoms. The summed E-state index contributed by atoms with van der Waals surface area (Å²) in [5.41, 5.74) is 1.05. The molecule has 1 aromatic heterocycles. The Bertz CT molecular complexity index is 622. The summed E-state index contributed by atoms with van der Waals surface area (Å²) in [6, 6.07) is 5.72. The minimum absolute atomic E-state index is 0.194. The highest BCUT2D eigenvalue weighted by molar-refractivity contribution is 5.55. The summed E-state index contributed by atoms with van der Waals surface area (Å²) in [6.07, 6.45) is 4.57. The van der Waals surface area contributed by atoms with Gasteiger partial charge < -0.3 is 18.7 Å². The molecule has 0 N–H and O–H groups in total. The summed E-state index contributed by atoms with van der Waals surface area (Å²) in [4.78, 5) is 4.23. The van der Waals surface area contributed by atoms with Gasteiger partial charge in [-0.15, -0.1) is 0 Å². The lowest BCUT2D eigenvalue weighted by Crippen LogP contribution is -2.00. The third-order valence-corrected chi connectivity index (χ3v) is 2.94. The highest BCUT2D eigenvalue weighted by Gasteiger charge is 2.10. The van der Waals surface area contributed by atoms with Gasteiger partial charge in [-0.05, 0) is 24.6 Å². The van der Waals surface area contributed by atoms with Crippen LogP contribution in [0.3, 0.4) is 0 Å². The number of hydrogen-bond donors (Lipinski definition) is 0. The Kier molecular flexibility index (Phi) is 5.97. The van der Waals surface area contributed by atoms with E-state index >= 15 is 0 Å². The van der Waals surface area contributed by atoms with E-state index in [1.807, 2.05) is 37.3 Å². The van der Waals surface area contributed by atoms with Gasteiger partial charge in [0, 0.05) is 13.5 Å². The van der Waals surface area contributed by atoms with Gasteiger partial charge in [0.05, 0.1) is 13.7 Å². The molecule has 1 heterocycles. The van der Waals surface area contributed by atoms with E-state index in [1.54, 1.807) is 14.2 Å². The molecule has 0 aliphatic carbocycles. The summed E-state index contributed by atoms with van der Waals surface area (Å²) < 4.78 is 21.1. The van der Waals surface area contributed by atoms with Gasteiger partial charge in [-0.2, -0.15) is 4.98 Å². The van der Waals surface area contributed by atoms with Gasteiger partial charge >= 0.3 is 0 Å². The van der Waals surface area contributed by atoms with Gasteiger partial charge in [-0.1, -0.05) is 23.4 Å². The number of ether oxygens (including phenoxy) is 3. The molecule has 2 rings (SSSR count). The minimum Gasteiger partial charge on any atom is -0.493 e. The first-order valence-corrected chi connectivity index (χ1v) is 7.00. The van der Waals surface area contributed by atoms with Crippen molar-refractivity contribution in [2.75, 3.05) is 20.8 Å². The average Bonchev–Trinajstić information content (AvgIpc) is 2.99. The first kappa shape index (κ1) is 16.0. The summed E-state index contributed by atoms with van der Waals surface area (Å²) in [5, 5.41) is 3.86. The van der Waals surface area contributed by atoms with E-state index in [0.717, 1.165) is 5.56 Å². The summed E-state index contributed by atoms with van der Waals surface area (Å²) in [5.74, 6) is 2.32. The van der Waals surface area contributed by atoms with Gasteiger partial charge in [0.15, 0.2) is 23.9 Å². The van der Waals surface area contributed by atoms with Gasteiger partial charge in [0.2, 0.25) is 0 Å². The molecule has 0 atom stereocenters. The zero-order valence-corrected chi connectivity index (χ0v) is 13.0. The Hall–Kier alpha value is -2.34. The van der Waals surface area contributed by atoms with Crippen LogP contribution >= 0.6 is 0 Å². The Balaban J connectivity index is 2.00. The lowest BCUT2D eigenvalue weighted by atomic mass is 10.2. The second-order valence-electron chi connectivity index (χ2n) is 4.55. The van der Waals surface area contributed by atoms with Crippen molar-refractivity contribution in [1.82, 2.24) is 10.1 Å². The molecule has 0 radical (unpaired) electrons. The fourth-order valence-electron chi connectivity index (χ4n) is 1.88. The molecular formula is C16H20N2O4. The summed E-state index contributed by atoms with van der Waals surface area (Å²) in [7, 11) is 3.24. The molecule has 1 aromatic carbocycles. The van der Waals surface area contributed by atoms with Crippen LogP contribution in [0, 0.1) is 0 Å². The topological polar surface area (TPSA) is 66.6 Å². The monoisotopic (exact) mass is 304 g/mol. The van der Waals surface area contributed by atoms with Gasteiger partial charge in [-0.25, -0.2) is 0 Å². The van der Waals surface area contributed by atoms with Crippen LogP contribution in [0.5, 0.6) is 11.5 Å². The number of methoxy groups -OCH3 is 2. The lowest BCUT2D eigenvalue weighted by Gasteiger charge is -2.09. The van der Waals surface area contributed by atoms with Gasteiger partial charge in [0.25, 0.3) is 5.89 Å². The lowest BCUT2D eigenvalue weighted by molar-refractivity contribution is 0.199. The Morgan fingerprint density at radius 1 is 1.23 bits per heavy atom. The van der Waals surface area contributed by atoms with Crippen LogP contribution in [-0.2, 0) is 17.8 Å². The quantitative estimate of drug-likeness (QED) is 0.747. The number of benzene rings is 1. The molecule has 2 aromatic rings. The maximum absolute atomic E-state index is 5.69. The van der Waals surface area contributed by atoms with Gasteiger partial charge in [0.1, 0.15) is 0 Å². The van der Waals surface area contributed by atoms with Crippen LogP contribution in [-0.4, -0.2) is 31.0 Å². The number of rotatable bonds is 8. The molecule has 0 amide bonds. The summed E-state index contributed by atoms with van der Waals surface area (Å²) >= 11 is 0. The van der Waals surface area contributed by atoms with E-state index < -0.39 is 0 Å². The number of hydrogen-bond acceptors (Lipinski definition) is 6. The molecule has 118 valence electrons. The molecule has 0 aliphatic rings. The van der Waals surface area contributed by atoms with Crippen LogP contribution in [0.4, 0.5) is 0 Å². The molecule has 0 unspecified atom stereocenters. The Morgan fingerprint density at radius 2 is 2.09 bits per heavy atom. The van der Waals surface area contributed by atoms with E-state index in [1.165, 1.54) is 0 Å². The zero-order valence-electron chi connectivity index (χ0n) is 13.0. The molecular weight excluding hydrogens is 284 g/mol. The number of nitrogens with zero attached hydrogens (tertiary/aromatic N) is 2. The molecule has 0 aliphatic heterocycles. The molecule has 0 saturated carbocycles. The van der Waals surface area contributed by atoms with Crippen LogP contribution in [0.25, 0.3) is 6.08 Å². The van der Waals surface area contributed by atoms with Crippen molar-refractivity contribution in [2.45, 2.75) is 20.0 Å². The van der Waals surface area contributed by atoms with Crippen molar-refractivity contribution < 1.29 is 18.7 Å². The predicted molar refractivity (Wildman–Crippen MR) is 81.9 cm³/mol. The average molecular weight is 304 g/mol. The normalized spacial score (nSPS) is 11.0. The highest BCUT2D eigenvalue weighted by atomic mass is 16.5. The van der Waals surface area contributed by atoms with E-state index in [4.69, 9.17) is 18.7 Å². The van der Waals surface area contributed by atoms with Crippen LogP contribution in [0.2, 0.25) is 0 Å². The highest BCUT2D eigenvalue weighted by Crippen LogP contribution is 2.29. The second-order valence-corrected chi connectivity index (χ2v) is 4.55. The second kappa shape index (κ2) is 8.19. The molecule has 22 heavy (non-hydrogen) atoms. The van der Waals surface area contributed by atoms with Crippen molar-refractivity contribution >= 4 is 6.08 Å². The van der Waals surface area contributed by atoms with Crippen LogP contribution < -0.4 is 9.47 Å². The molecule has 0 fully saturated rings. The predicted octanol–water partition coefficient (Wildman–Crippen LogP) is 2.88. The smallest absolute Gasteiger partial charge is 0.264 e. The third kappa shape index (κ3) is 4.33. The third-order valence-electron chi connectivity index (χ3n) is 2.94. The van der Waals surface area contributed by atoms with Crippen molar-refractivity contribution in [3.05, 3.63) is 41.6 Å². The SMILES string of the molecule is C/C=C\c1ccc(OCc2nc(CCOC)no2)c(OC)c1. The largest absolute Gasteiger partial charge is 0.493 e. The minimum atomic E-state index is 0.194. The summed E-state index contributed by atoms with van der Waals surface area (Å²) in [6.45, 7) is 2.72. The van der Waals surface area contributed by atoms with Crippen molar-refractivity contribution in [3.63, 3.8) is 0 Å².